The SMILES string of the molecule is O=C(NC1CCCCC1)c1cccc(C(=O)NC2CC2)c1. The molecule has 2 N–H and O–H groups in total. The van der Waals surface area contributed by atoms with Crippen molar-refractivity contribution >= 4 is 11.8 Å². The number of hydrogen-bond acceptors (Lipinski definition) is 2. The van der Waals surface area contributed by atoms with Crippen molar-refractivity contribution in [3.05, 3.63) is 35.4 Å². The molecule has 112 valence electrons. The van der Waals surface area contributed by atoms with E-state index in [0.717, 1.165) is 25.7 Å². The second kappa shape index (κ2) is 6.29. The van der Waals surface area contributed by atoms with Crippen molar-refractivity contribution in [2.45, 2.75) is 57.0 Å². The Balaban J connectivity index is 1.63. The van der Waals surface area contributed by atoms with Crippen LogP contribution in [0, 0.1) is 0 Å². The highest BCUT2D eigenvalue weighted by Gasteiger charge is 2.24. The normalized spacial score (nSPS) is 19.0. The van der Waals surface area contributed by atoms with Gasteiger partial charge in [0.2, 0.25) is 0 Å². The smallest absolute Gasteiger partial charge is 0.251 e. The minimum absolute atomic E-state index is 0.0667. The highest BCUT2D eigenvalue weighted by molar-refractivity contribution is 5.99. The molecule has 0 aliphatic heterocycles. The van der Waals surface area contributed by atoms with Crippen LogP contribution in [0.3, 0.4) is 0 Å². The third-order valence-corrected chi connectivity index (χ3v) is 4.24. The van der Waals surface area contributed by atoms with Crippen LogP contribution in [0.5, 0.6) is 0 Å². The van der Waals surface area contributed by atoms with Gasteiger partial charge in [-0.1, -0.05) is 25.3 Å². The lowest BCUT2D eigenvalue weighted by molar-refractivity contribution is 0.0927. The molecule has 2 aliphatic rings. The molecule has 0 heterocycles. The zero-order chi connectivity index (χ0) is 14.7. The number of carbonyl (C=O) groups excluding carboxylic acids is 2. The quantitative estimate of drug-likeness (QED) is 0.894. The number of amides is 2. The molecule has 2 saturated carbocycles. The number of nitrogens with one attached hydrogen (secondary N) is 2. The summed E-state index contributed by atoms with van der Waals surface area (Å²) in [5, 5.41) is 6.03. The van der Waals surface area contributed by atoms with Crippen LogP contribution in [-0.4, -0.2) is 23.9 Å². The number of benzene rings is 1. The zero-order valence-electron chi connectivity index (χ0n) is 12.2. The zero-order valence-corrected chi connectivity index (χ0v) is 12.2. The molecule has 2 fully saturated rings. The molecule has 4 heteroatoms. The van der Waals surface area contributed by atoms with Gasteiger partial charge in [-0.15, -0.1) is 0 Å². The van der Waals surface area contributed by atoms with E-state index in [0.29, 0.717) is 17.2 Å². The lowest BCUT2D eigenvalue weighted by Gasteiger charge is -2.22. The third kappa shape index (κ3) is 3.84. The van der Waals surface area contributed by atoms with Gasteiger partial charge in [0.05, 0.1) is 0 Å². The van der Waals surface area contributed by atoms with Crippen LogP contribution in [0.1, 0.15) is 65.7 Å². The van der Waals surface area contributed by atoms with E-state index in [-0.39, 0.29) is 17.9 Å². The van der Waals surface area contributed by atoms with Gasteiger partial charge in [0.1, 0.15) is 0 Å². The molecule has 0 aromatic heterocycles. The van der Waals surface area contributed by atoms with Crippen molar-refractivity contribution in [3.8, 4) is 0 Å². The summed E-state index contributed by atoms with van der Waals surface area (Å²) in [6, 6.07) is 7.61. The lowest BCUT2D eigenvalue weighted by atomic mass is 9.95. The molecular weight excluding hydrogens is 264 g/mol. The van der Waals surface area contributed by atoms with Crippen LogP contribution in [0.15, 0.2) is 24.3 Å². The summed E-state index contributed by atoms with van der Waals surface area (Å²) >= 11 is 0. The first-order chi connectivity index (χ1) is 10.2. The maximum absolute atomic E-state index is 12.3. The average Bonchev–Trinajstić information content (AvgIpc) is 3.32. The maximum Gasteiger partial charge on any atom is 0.251 e. The van der Waals surface area contributed by atoms with Gasteiger partial charge in [0.25, 0.3) is 11.8 Å². The van der Waals surface area contributed by atoms with Crippen LogP contribution in [0.4, 0.5) is 0 Å². The van der Waals surface area contributed by atoms with Crippen molar-refractivity contribution in [1.29, 1.82) is 0 Å². The van der Waals surface area contributed by atoms with E-state index >= 15 is 0 Å². The summed E-state index contributed by atoms with van der Waals surface area (Å²) in [6.07, 6.45) is 7.90. The highest BCUT2D eigenvalue weighted by atomic mass is 16.2. The molecule has 0 radical (unpaired) electrons. The van der Waals surface area contributed by atoms with E-state index in [1.165, 1.54) is 19.3 Å². The molecule has 0 spiro atoms. The van der Waals surface area contributed by atoms with Gasteiger partial charge < -0.3 is 10.6 Å². The Labute approximate surface area is 125 Å². The Hall–Kier alpha value is -1.84. The molecule has 2 amide bonds. The van der Waals surface area contributed by atoms with Crippen LogP contribution in [-0.2, 0) is 0 Å². The first-order valence-electron chi connectivity index (χ1n) is 7.94. The monoisotopic (exact) mass is 286 g/mol. The van der Waals surface area contributed by atoms with E-state index < -0.39 is 0 Å². The van der Waals surface area contributed by atoms with Gasteiger partial charge >= 0.3 is 0 Å². The van der Waals surface area contributed by atoms with Gasteiger partial charge in [-0.05, 0) is 43.9 Å². The molecular formula is C17H22N2O2. The molecule has 0 saturated heterocycles. The van der Waals surface area contributed by atoms with E-state index in [9.17, 15) is 9.59 Å². The van der Waals surface area contributed by atoms with Crippen molar-refractivity contribution in [2.75, 3.05) is 0 Å². The van der Waals surface area contributed by atoms with Crippen molar-refractivity contribution in [1.82, 2.24) is 10.6 Å². The summed E-state index contributed by atoms with van der Waals surface area (Å²) in [6.45, 7) is 0. The molecule has 0 bridgehead atoms. The van der Waals surface area contributed by atoms with E-state index in [2.05, 4.69) is 10.6 Å². The van der Waals surface area contributed by atoms with Crippen LogP contribution >= 0.6 is 0 Å². The van der Waals surface area contributed by atoms with Gasteiger partial charge in [-0.25, -0.2) is 0 Å². The number of hydrogen-bond donors (Lipinski definition) is 2. The topological polar surface area (TPSA) is 58.2 Å². The Bertz CT molecular complexity index is 531. The van der Waals surface area contributed by atoms with Crippen molar-refractivity contribution < 1.29 is 9.59 Å². The molecule has 1 aromatic carbocycles. The molecule has 2 aliphatic carbocycles. The van der Waals surface area contributed by atoms with E-state index in [1.54, 1.807) is 24.3 Å². The minimum Gasteiger partial charge on any atom is -0.349 e. The Morgan fingerprint density at radius 2 is 1.33 bits per heavy atom. The summed E-state index contributed by atoms with van der Waals surface area (Å²) in [7, 11) is 0. The second-order valence-corrected chi connectivity index (χ2v) is 6.14. The van der Waals surface area contributed by atoms with Crippen LogP contribution < -0.4 is 10.6 Å². The molecule has 21 heavy (non-hydrogen) atoms. The van der Waals surface area contributed by atoms with E-state index in [4.69, 9.17) is 0 Å². The Morgan fingerprint density at radius 3 is 1.86 bits per heavy atom. The first-order valence-corrected chi connectivity index (χ1v) is 7.94. The highest BCUT2D eigenvalue weighted by Crippen LogP contribution is 2.20. The van der Waals surface area contributed by atoms with Crippen LogP contribution in [0.2, 0.25) is 0 Å². The summed E-state index contributed by atoms with van der Waals surface area (Å²) in [5.74, 6) is -0.146. The molecule has 0 unspecified atom stereocenters. The molecule has 4 nitrogen and oxygen atoms in total. The van der Waals surface area contributed by atoms with Gasteiger partial charge in [-0.3, -0.25) is 9.59 Å². The fourth-order valence-corrected chi connectivity index (χ4v) is 2.81. The van der Waals surface area contributed by atoms with Crippen molar-refractivity contribution in [3.63, 3.8) is 0 Å². The molecule has 0 atom stereocenters. The summed E-state index contributed by atoms with van der Waals surface area (Å²) in [4.78, 5) is 24.3. The number of rotatable bonds is 4. The maximum atomic E-state index is 12.3. The predicted molar refractivity (Wildman–Crippen MR) is 81.3 cm³/mol. The van der Waals surface area contributed by atoms with Gasteiger partial charge in [-0.2, -0.15) is 0 Å². The third-order valence-electron chi connectivity index (χ3n) is 4.24. The standard InChI is InChI=1S/C17H22N2O2/c20-16(18-14-7-2-1-3-8-14)12-5-4-6-13(11-12)17(21)19-15-9-10-15/h4-6,11,14-15H,1-3,7-10H2,(H,18,20)(H,19,21). The summed E-state index contributed by atoms with van der Waals surface area (Å²) < 4.78 is 0. The first kappa shape index (κ1) is 14.1. The molecule has 1 aromatic rings. The average molecular weight is 286 g/mol. The van der Waals surface area contributed by atoms with Crippen LogP contribution in [0.25, 0.3) is 0 Å². The largest absolute Gasteiger partial charge is 0.349 e. The van der Waals surface area contributed by atoms with E-state index in [1.807, 2.05) is 0 Å². The fraction of sp³-hybridized carbons (Fsp3) is 0.529. The number of carbonyl (C=O) groups is 2. The minimum atomic E-state index is -0.0789. The second-order valence-electron chi connectivity index (χ2n) is 6.14. The van der Waals surface area contributed by atoms with Gasteiger partial charge in [0, 0.05) is 23.2 Å². The summed E-state index contributed by atoms with van der Waals surface area (Å²) in [5.41, 5.74) is 1.14. The Kier molecular flexibility index (Phi) is 4.23. The van der Waals surface area contributed by atoms with Crippen molar-refractivity contribution in [2.24, 2.45) is 0 Å². The lowest BCUT2D eigenvalue weighted by Crippen LogP contribution is -2.36. The fourth-order valence-electron chi connectivity index (χ4n) is 2.81. The predicted octanol–water partition coefficient (Wildman–Crippen LogP) is 2.64. The Morgan fingerprint density at radius 1 is 0.810 bits per heavy atom. The van der Waals surface area contributed by atoms with Gasteiger partial charge in [0.15, 0.2) is 0 Å². The molecule has 3 rings (SSSR count).